The molecule has 1 rings (SSSR count). The molecule has 1 amide bonds. The minimum absolute atomic E-state index is 0.0730. The summed E-state index contributed by atoms with van der Waals surface area (Å²) in [6.45, 7) is 5.49. The van der Waals surface area contributed by atoms with E-state index in [9.17, 15) is 10.1 Å². The van der Waals surface area contributed by atoms with E-state index < -0.39 is 5.92 Å². The molecule has 1 aromatic carbocycles. The van der Waals surface area contributed by atoms with Crippen molar-refractivity contribution < 1.29 is 4.79 Å². The van der Waals surface area contributed by atoms with Crippen LogP contribution in [0.2, 0.25) is 5.02 Å². The van der Waals surface area contributed by atoms with Gasteiger partial charge >= 0.3 is 0 Å². The van der Waals surface area contributed by atoms with Gasteiger partial charge in [-0.05, 0) is 37.0 Å². The number of rotatable bonds is 7. The maximum absolute atomic E-state index is 12.4. The lowest BCUT2D eigenvalue weighted by molar-refractivity contribution is -0.133. The van der Waals surface area contributed by atoms with Crippen LogP contribution in [0.1, 0.15) is 32.3 Å². The Labute approximate surface area is 126 Å². The summed E-state index contributed by atoms with van der Waals surface area (Å²) in [5.41, 5.74) is 0.922. The van der Waals surface area contributed by atoms with Crippen LogP contribution in [-0.2, 0) is 11.2 Å². The lowest BCUT2D eigenvalue weighted by atomic mass is 9.99. The maximum atomic E-state index is 12.4. The minimum Gasteiger partial charge on any atom is -0.342 e. The van der Waals surface area contributed by atoms with Crippen molar-refractivity contribution in [3.8, 4) is 6.07 Å². The lowest BCUT2D eigenvalue weighted by Crippen LogP contribution is -2.37. The SMILES string of the molecule is CCCN(CCC)C(=O)C(C#N)Cc1cccc(Cl)c1. The number of carbonyl (C=O) groups is 1. The lowest BCUT2D eigenvalue weighted by Gasteiger charge is -2.24. The Hall–Kier alpha value is -1.53. The first-order valence-corrected chi connectivity index (χ1v) is 7.43. The van der Waals surface area contributed by atoms with Gasteiger partial charge in [0.1, 0.15) is 5.92 Å². The molecule has 0 aliphatic carbocycles. The molecule has 0 aliphatic rings. The fourth-order valence-corrected chi connectivity index (χ4v) is 2.39. The van der Waals surface area contributed by atoms with Gasteiger partial charge in [0.25, 0.3) is 0 Å². The monoisotopic (exact) mass is 292 g/mol. The number of nitriles is 1. The van der Waals surface area contributed by atoms with Crippen LogP contribution >= 0.6 is 11.6 Å². The van der Waals surface area contributed by atoms with Crippen molar-refractivity contribution in [2.24, 2.45) is 5.92 Å². The third-order valence-corrected chi connectivity index (χ3v) is 3.32. The van der Waals surface area contributed by atoms with Crippen LogP contribution in [0.3, 0.4) is 0 Å². The minimum atomic E-state index is -0.633. The molecular formula is C16H21ClN2O. The fourth-order valence-electron chi connectivity index (χ4n) is 2.18. The van der Waals surface area contributed by atoms with Crippen molar-refractivity contribution in [3.63, 3.8) is 0 Å². The summed E-state index contributed by atoms with van der Waals surface area (Å²) < 4.78 is 0. The van der Waals surface area contributed by atoms with Crippen LogP contribution < -0.4 is 0 Å². The highest BCUT2D eigenvalue weighted by Gasteiger charge is 2.23. The van der Waals surface area contributed by atoms with Gasteiger partial charge in [0.2, 0.25) is 5.91 Å². The Bertz CT molecular complexity index is 476. The Morgan fingerprint density at radius 1 is 1.35 bits per heavy atom. The van der Waals surface area contributed by atoms with Gasteiger partial charge in [0.15, 0.2) is 0 Å². The van der Waals surface area contributed by atoms with Crippen LogP contribution in [-0.4, -0.2) is 23.9 Å². The molecule has 1 unspecified atom stereocenters. The number of halogens is 1. The van der Waals surface area contributed by atoms with Crippen molar-refractivity contribution in [1.29, 1.82) is 5.26 Å². The van der Waals surface area contributed by atoms with E-state index in [-0.39, 0.29) is 5.91 Å². The molecule has 0 saturated carbocycles. The summed E-state index contributed by atoms with van der Waals surface area (Å²) in [4.78, 5) is 14.2. The molecule has 0 heterocycles. The van der Waals surface area contributed by atoms with Crippen molar-refractivity contribution in [2.45, 2.75) is 33.1 Å². The van der Waals surface area contributed by atoms with Crippen LogP contribution in [0.25, 0.3) is 0 Å². The van der Waals surface area contributed by atoms with Crippen LogP contribution in [0.5, 0.6) is 0 Å². The van der Waals surface area contributed by atoms with Gasteiger partial charge in [-0.2, -0.15) is 5.26 Å². The molecule has 0 spiro atoms. The third kappa shape index (κ3) is 4.86. The Kier molecular flexibility index (Phi) is 7.11. The van der Waals surface area contributed by atoms with Gasteiger partial charge in [0.05, 0.1) is 6.07 Å². The highest BCUT2D eigenvalue weighted by molar-refractivity contribution is 6.30. The largest absolute Gasteiger partial charge is 0.342 e. The van der Waals surface area contributed by atoms with Gasteiger partial charge in [0, 0.05) is 18.1 Å². The topological polar surface area (TPSA) is 44.1 Å². The third-order valence-electron chi connectivity index (χ3n) is 3.08. The van der Waals surface area contributed by atoms with E-state index in [1.54, 1.807) is 11.0 Å². The molecule has 4 heteroatoms. The average Bonchev–Trinajstić information content (AvgIpc) is 2.44. The molecular weight excluding hydrogens is 272 g/mol. The van der Waals surface area contributed by atoms with Gasteiger partial charge < -0.3 is 4.90 Å². The zero-order chi connectivity index (χ0) is 15.0. The number of hydrogen-bond donors (Lipinski definition) is 0. The van der Waals surface area contributed by atoms with Crippen molar-refractivity contribution >= 4 is 17.5 Å². The van der Waals surface area contributed by atoms with Gasteiger partial charge in [-0.25, -0.2) is 0 Å². The summed E-state index contributed by atoms with van der Waals surface area (Å²) in [5.74, 6) is -0.706. The quantitative estimate of drug-likeness (QED) is 0.769. The van der Waals surface area contributed by atoms with E-state index in [1.165, 1.54) is 0 Å². The summed E-state index contributed by atoms with van der Waals surface area (Å²) in [6.07, 6.45) is 2.22. The molecule has 1 atom stereocenters. The van der Waals surface area contributed by atoms with E-state index in [2.05, 4.69) is 6.07 Å². The van der Waals surface area contributed by atoms with Crippen LogP contribution in [0.4, 0.5) is 0 Å². The molecule has 0 bridgehead atoms. The maximum Gasteiger partial charge on any atom is 0.240 e. The number of carbonyl (C=O) groups excluding carboxylic acids is 1. The van der Waals surface area contributed by atoms with Gasteiger partial charge in [-0.1, -0.05) is 37.6 Å². The average molecular weight is 293 g/mol. The zero-order valence-electron chi connectivity index (χ0n) is 12.1. The highest BCUT2D eigenvalue weighted by Crippen LogP contribution is 2.16. The fraction of sp³-hybridized carbons (Fsp3) is 0.500. The predicted octanol–water partition coefficient (Wildman–Crippen LogP) is 3.67. The van der Waals surface area contributed by atoms with E-state index in [0.29, 0.717) is 24.5 Å². The number of nitrogens with zero attached hydrogens (tertiary/aromatic N) is 2. The van der Waals surface area contributed by atoms with Gasteiger partial charge in [-0.3, -0.25) is 4.79 Å². The molecule has 0 radical (unpaired) electrons. The summed E-state index contributed by atoms with van der Waals surface area (Å²) in [7, 11) is 0. The molecule has 20 heavy (non-hydrogen) atoms. The molecule has 108 valence electrons. The predicted molar refractivity (Wildman–Crippen MR) is 81.4 cm³/mol. The standard InChI is InChI=1S/C16H21ClN2O/c1-3-8-19(9-4-2)16(20)14(12-18)10-13-6-5-7-15(17)11-13/h5-7,11,14H,3-4,8-10H2,1-2H3. The van der Waals surface area contributed by atoms with E-state index in [1.807, 2.05) is 32.0 Å². The number of amides is 1. The molecule has 0 saturated heterocycles. The number of benzene rings is 1. The summed E-state index contributed by atoms with van der Waals surface area (Å²) in [5, 5.41) is 9.91. The molecule has 0 aromatic heterocycles. The Morgan fingerprint density at radius 2 is 2.00 bits per heavy atom. The van der Waals surface area contributed by atoms with Gasteiger partial charge in [-0.15, -0.1) is 0 Å². The van der Waals surface area contributed by atoms with Crippen LogP contribution in [0, 0.1) is 17.2 Å². The Morgan fingerprint density at radius 3 is 2.50 bits per heavy atom. The first-order valence-electron chi connectivity index (χ1n) is 7.05. The molecule has 0 aliphatic heterocycles. The van der Waals surface area contributed by atoms with Crippen LogP contribution in [0.15, 0.2) is 24.3 Å². The first-order chi connectivity index (χ1) is 9.62. The molecule has 0 N–H and O–H groups in total. The Balaban J connectivity index is 2.79. The van der Waals surface area contributed by atoms with Crippen molar-refractivity contribution in [2.75, 3.05) is 13.1 Å². The second-order valence-corrected chi connectivity index (χ2v) is 5.28. The second-order valence-electron chi connectivity index (χ2n) is 4.84. The zero-order valence-corrected chi connectivity index (χ0v) is 12.9. The number of hydrogen-bond acceptors (Lipinski definition) is 2. The smallest absolute Gasteiger partial charge is 0.240 e. The van der Waals surface area contributed by atoms with Crippen molar-refractivity contribution in [1.82, 2.24) is 4.90 Å². The molecule has 1 aromatic rings. The second kappa shape index (κ2) is 8.60. The van der Waals surface area contributed by atoms with Crippen molar-refractivity contribution in [3.05, 3.63) is 34.9 Å². The highest BCUT2D eigenvalue weighted by atomic mass is 35.5. The van der Waals surface area contributed by atoms with E-state index in [0.717, 1.165) is 18.4 Å². The van der Waals surface area contributed by atoms with E-state index in [4.69, 9.17) is 11.6 Å². The normalized spacial score (nSPS) is 11.7. The first kappa shape index (κ1) is 16.5. The van der Waals surface area contributed by atoms with E-state index >= 15 is 0 Å². The summed E-state index contributed by atoms with van der Waals surface area (Å²) >= 11 is 5.93. The molecule has 0 fully saturated rings. The molecule has 3 nitrogen and oxygen atoms in total. The summed E-state index contributed by atoms with van der Waals surface area (Å²) in [6, 6.07) is 9.46.